The van der Waals surface area contributed by atoms with Gasteiger partial charge in [0, 0.05) is 23.6 Å². The van der Waals surface area contributed by atoms with Crippen LogP contribution in [0.5, 0.6) is 0 Å². The van der Waals surface area contributed by atoms with Crippen LogP contribution in [0.4, 0.5) is 0 Å². The third-order valence-electron chi connectivity index (χ3n) is 4.15. The maximum absolute atomic E-state index is 12.5. The number of nitrogens with zero attached hydrogens (tertiary/aromatic N) is 3. The van der Waals surface area contributed by atoms with Crippen LogP contribution in [-0.4, -0.2) is 31.5 Å². The molecule has 0 fully saturated rings. The first kappa shape index (κ1) is 15.1. The van der Waals surface area contributed by atoms with E-state index < -0.39 is 11.5 Å². The number of aromatic amines is 1. The van der Waals surface area contributed by atoms with E-state index in [1.165, 1.54) is 23.4 Å². The molecule has 25 heavy (non-hydrogen) atoms. The minimum Gasteiger partial charge on any atom is -0.469 e. The molecule has 9 nitrogen and oxygen atoms in total. The number of ketones is 1. The van der Waals surface area contributed by atoms with Crippen LogP contribution in [-0.2, 0) is 6.42 Å². The van der Waals surface area contributed by atoms with E-state index in [2.05, 4.69) is 20.6 Å². The zero-order chi connectivity index (χ0) is 17.4. The number of nitrogens with one attached hydrogen (secondary N) is 2. The van der Waals surface area contributed by atoms with Gasteiger partial charge in [-0.2, -0.15) is 0 Å². The third-order valence-corrected chi connectivity index (χ3v) is 4.15. The van der Waals surface area contributed by atoms with Crippen LogP contribution >= 0.6 is 0 Å². The second kappa shape index (κ2) is 5.86. The smallest absolute Gasteiger partial charge is 0.275 e. The van der Waals surface area contributed by atoms with Crippen molar-refractivity contribution in [2.45, 2.75) is 18.8 Å². The SMILES string of the molecule is O=C1CC(c2ccco2)Cc2[nH]c(=O)c(C(=O)Nn3cnnc3)cc21. The van der Waals surface area contributed by atoms with Crippen LogP contribution in [0.15, 0.2) is 46.3 Å². The molecule has 3 aromatic rings. The number of amides is 1. The molecule has 2 N–H and O–H groups in total. The van der Waals surface area contributed by atoms with Gasteiger partial charge in [-0.1, -0.05) is 0 Å². The maximum Gasteiger partial charge on any atom is 0.275 e. The average molecular weight is 339 g/mol. The number of H-pyrrole nitrogens is 1. The quantitative estimate of drug-likeness (QED) is 0.729. The van der Waals surface area contributed by atoms with Gasteiger partial charge in [0.1, 0.15) is 24.0 Å². The molecule has 0 radical (unpaired) electrons. The number of rotatable bonds is 3. The summed E-state index contributed by atoms with van der Waals surface area (Å²) >= 11 is 0. The van der Waals surface area contributed by atoms with Gasteiger partial charge in [0.05, 0.1) is 6.26 Å². The average Bonchev–Trinajstić information content (AvgIpc) is 3.27. The fourth-order valence-electron chi connectivity index (χ4n) is 2.96. The number of fused-ring (bicyclic) bond motifs is 1. The highest BCUT2D eigenvalue weighted by Gasteiger charge is 2.30. The molecule has 3 heterocycles. The Balaban J connectivity index is 1.66. The molecule has 1 aliphatic rings. The van der Waals surface area contributed by atoms with Gasteiger partial charge in [-0.15, -0.1) is 10.2 Å². The number of carbonyl (C=O) groups is 2. The topological polar surface area (TPSA) is 123 Å². The lowest BCUT2D eigenvalue weighted by Gasteiger charge is -2.22. The van der Waals surface area contributed by atoms with Gasteiger partial charge < -0.3 is 9.40 Å². The van der Waals surface area contributed by atoms with E-state index in [1.54, 1.807) is 12.3 Å². The van der Waals surface area contributed by atoms with E-state index in [9.17, 15) is 14.4 Å². The van der Waals surface area contributed by atoms with Crippen molar-refractivity contribution in [1.82, 2.24) is 19.9 Å². The molecular weight excluding hydrogens is 326 g/mol. The van der Waals surface area contributed by atoms with E-state index in [4.69, 9.17) is 4.42 Å². The van der Waals surface area contributed by atoms with Crippen molar-refractivity contribution in [3.05, 3.63) is 70.1 Å². The summed E-state index contributed by atoms with van der Waals surface area (Å²) in [6, 6.07) is 4.91. The summed E-state index contributed by atoms with van der Waals surface area (Å²) in [7, 11) is 0. The second-order valence-corrected chi connectivity index (χ2v) is 5.76. The zero-order valence-electron chi connectivity index (χ0n) is 12.9. The van der Waals surface area contributed by atoms with Crippen LogP contribution < -0.4 is 11.0 Å². The Morgan fingerprint density at radius 1 is 1.28 bits per heavy atom. The molecule has 3 aromatic heterocycles. The van der Waals surface area contributed by atoms with E-state index in [0.29, 0.717) is 23.4 Å². The van der Waals surface area contributed by atoms with E-state index in [1.807, 2.05) is 6.07 Å². The molecule has 1 amide bonds. The number of carbonyl (C=O) groups excluding carboxylic acids is 2. The molecule has 0 bridgehead atoms. The van der Waals surface area contributed by atoms with Gasteiger partial charge in [0.15, 0.2) is 5.78 Å². The van der Waals surface area contributed by atoms with Crippen LogP contribution in [0, 0.1) is 0 Å². The monoisotopic (exact) mass is 339 g/mol. The van der Waals surface area contributed by atoms with E-state index in [-0.39, 0.29) is 23.7 Å². The molecule has 1 unspecified atom stereocenters. The summed E-state index contributed by atoms with van der Waals surface area (Å²) in [6.45, 7) is 0. The lowest BCUT2D eigenvalue weighted by Crippen LogP contribution is -2.31. The lowest BCUT2D eigenvalue weighted by atomic mass is 9.84. The molecular formula is C16H13N5O4. The highest BCUT2D eigenvalue weighted by atomic mass is 16.3. The lowest BCUT2D eigenvalue weighted by molar-refractivity contribution is 0.0959. The van der Waals surface area contributed by atoms with Crippen molar-refractivity contribution in [1.29, 1.82) is 0 Å². The Hall–Kier alpha value is -3.49. The Morgan fingerprint density at radius 3 is 2.80 bits per heavy atom. The molecule has 4 rings (SSSR count). The van der Waals surface area contributed by atoms with Gasteiger partial charge >= 0.3 is 0 Å². The van der Waals surface area contributed by atoms with Crippen LogP contribution in [0.2, 0.25) is 0 Å². The number of aromatic nitrogens is 4. The van der Waals surface area contributed by atoms with Gasteiger partial charge in [0.25, 0.3) is 11.5 Å². The fraction of sp³-hybridized carbons (Fsp3) is 0.188. The predicted octanol–water partition coefficient (Wildman–Crippen LogP) is 0.856. The van der Waals surface area contributed by atoms with E-state index in [0.717, 1.165) is 0 Å². The van der Waals surface area contributed by atoms with Crippen molar-refractivity contribution < 1.29 is 14.0 Å². The predicted molar refractivity (Wildman–Crippen MR) is 84.9 cm³/mol. The fourth-order valence-corrected chi connectivity index (χ4v) is 2.96. The minimum absolute atomic E-state index is 0.123. The number of furan rings is 1. The Labute approximate surface area is 140 Å². The van der Waals surface area contributed by atoms with Crippen LogP contribution in [0.25, 0.3) is 0 Å². The first-order chi connectivity index (χ1) is 12.1. The zero-order valence-corrected chi connectivity index (χ0v) is 12.9. The van der Waals surface area contributed by atoms with Crippen molar-refractivity contribution >= 4 is 11.7 Å². The van der Waals surface area contributed by atoms with E-state index >= 15 is 0 Å². The summed E-state index contributed by atoms with van der Waals surface area (Å²) in [4.78, 5) is 39.6. The third kappa shape index (κ3) is 2.75. The highest BCUT2D eigenvalue weighted by Crippen LogP contribution is 2.31. The first-order valence-corrected chi connectivity index (χ1v) is 7.60. The summed E-state index contributed by atoms with van der Waals surface area (Å²) in [6.07, 6.45) is 4.85. The van der Waals surface area contributed by atoms with Gasteiger partial charge in [-0.05, 0) is 24.6 Å². The van der Waals surface area contributed by atoms with Gasteiger partial charge in [-0.3, -0.25) is 19.8 Å². The molecule has 126 valence electrons. The Morgan fingerprint density at radius 2 is 2.08 bits per heavy atom. The normalized spacial score (nSPS) is 16.5. The number of hydrogen-bond acceptors (Lipinski definition) is 6. The number of hydrogen-bond donors (Lipinski definition) is 2. The molecule has 1 atom stereocenters. The van der Waals surface area contributed by atoms with Crippen molar-refractivity contribution in [2.24, 2.45) is 0 Å². The summed E-state index contributed by atoms with van der Waals surface area (Å²) in [5.74, 6) is -0.210. The summed E-state index contributed by atoms with van der Waals surface area (Å²) in [5.41, 5.74) is 2.61. The molecule has 0 saturated carbocycles. The largest absolute Gasteiger partial charge is 0.469 e. The Kier molecular flexibility index (Phi) is 3.53. The number of Topliss-reactive ketones (excluding diaryl/α,β-unsaturated/α-hetero) is 1. The molecule has 0 spiro atoms. The molecule has 0 aromatic carbocycles. The summed E-state index contributed by atoms with van der Waals surface area (Å²) < 4.78 is 6.58. The van der Waals surface area contributed by atoms with Gasteiger partial charge in [-0.25, -0.2) is 4.68 Å². The molecule has 1 aliphatic carbocycles. The highest BCUT2D eigenvalue weighted by molar-refractivity contribution is 6.04. The minimum atomic E-state index is -0.648. The number of pyridine rings is 1. The van der Waals surface area contributed by atoms with Crippen molar-refractivity contribution in [2.75, 3.05) is 5.43 Å². The second-order valence-electron chi connectivity index (χ2n) is 5.76. The standard InChI is InChI=1S/C16H13N5O4/c22-13-5-9(14-2-1-3-25-14)4-12-10(13)6-11(15(23)19-12)16(24)20-21-7-17-18-8-21/h1-3,6-9H,4-5H2,(H,19,23)(H,20,24). The Bertz CT molecular complexity index is 988. The van der Waals surface area contributed by atoms with Gasteiger partial charge in [0.2, 0.25) is 0 Å². The van der Waals surface area contributed by atoms with Crippen molar-refractivity contribution in [3.63, 3.8) is 0 Å². The maximum atomic E-state index is 12.5. The molecule has 0 aliphatic heterocycles. The summed E-state index contributed by atoms with van der Waals surface area (Å²) in [5, 5.41) is 7.11. The van der Waals surface area contributed by atoms with Crippen LogP contribution in [0.1, 0.15) is 44.5 Å². The van der Waals surface area contributed by atoms with Crippen LogP contribution in [0.3, 0.4) is 0 Å². The first-order valence-electron chi connectivity index (χ1n) is 7.60. The molecule has 9 heteroatoms. The van der Waals surface area contributed by atoms with Crippen molar-refractivity contribution in [3.8, 4) is 0 Å². The molecule has 0 saturated heterocycles.